The van der Waals surface area contributed by atoms with E-state index in [-0.39, 0.29) is 0 Å². The third-order valence-electron chi connectivity index (χ3n) is 3.86. The average molecular weight is 347 g/mol. The Hall–Kier alpha value is -2.48. The normalized spacial score (nSPS) is 14.3. The Kier molecular flexibility index (Phi) is 5.05. The van der Waals surface area contributed by atoms with Crippen LogP contribution in [0, 0.1) is 0 Å². The molecule has 0 amide bonds. The Bertz CT molecular complexity index is 725. The molecule has 0 saturated carbocycles. The van der Waals surface area contributed by atoms with Crippen LogP contribution in [0.1, 0.15) is 18.4 Å². The monoisotopic (exact) mass is 347 g/mol. The molecule has 1 aliphatic heterocycles. The number of hydrogen-bond donors (Lipinski definition) is 2. The van der Waals surface area contributed by atoms with Gasteiger partial charge in [-0.3, -0.25) is 5.43 Å². The minimum absolute atomic E-state index is 0.479. The lowest BCUT2D eigenvalue weighted by molar-refractivity contribution is 0.402. The van der Waals surface area contributed by atoms with E-state index >= 15 is 0 Å². The van der Waals surface area contributed by atoms with Gasteiger partial charge in [0.05, 0.1) is 26.1 Å². The topological polar surface area (TPSA) is 85.0 Å². The second kappa shape index (κ2) is 7.39. The van der Waals surface area contributed by atoms with Gasteiger partial charge in [0.2, 0.25) is 5.13 Å². The number of rotatable bonds is 6. The van der Waals surface area contributed by atoms with Crippen molar-refractivity contribution in [2.45, 2.75) is 12.8 Å². The van der Waals surface area contributed by atoms with Gasteiger partial charge in [0.1, 0.15) is 17.3 Å². The number of ether oxygens (including phenoxy) is 2. The molecule has 1 aromatic carbocycles. The number of hydrazone groups is 1. The van der Waals surface area contributed by atoms with E-state index in [1.54, 1.807) is 25.8 Å². The molecule has 128 valence electrons. The lowest BCUT2D eigenvalue weighted by Crippen LogP contribution is -2.18. The van der Waals surface area contributed by atoms with Crippen LogP contribution in [0.25, 0.3) is 0 Å². The van der Waals surface area contributed by atoms with E-state index in [1.807, 2.05) is 12.1 Å². The van der Waals surface area contributed by atoms with Gasteiger partial charge in [-0.15, -0.1) is 11.3 Å². The summed E-state index contributed by atoms with van der Waals surface area (Å²) in [6.07, 6.45) is 4.10. The number of nitrogens with one attached hydrogen (secondary N) is 1. The van der Waals surface area contributed by atoms with Crippen LogP contribution in [0.2, 0.25) is 0 Å². The molecule has 2 heterocycles. The van der Waals surface area contributed by atoms with E-state index in [0.29, 0.717) is 10.9 Å². The van der Waals surface area contributed by atoms with Crippen molar-refractivity contribution in [3.8, 4) is 11.5 Å². The molecule has 1 aromatic heterocycles. The second-order valence-corrected chi connectivity index (χ2v) is 6.27. The first-order valence-electron chi connectivity index (χ1n) is 7.72. The Morgan fingerprint density at radius 1 is 1.25 bits per heavy atom. The third kappa shape index (κ3) is 3.53. The van der Waals surface area contributed by atoms with Gasteiger partial charge in [-0.1, -0.05) is 0 Å². The molecule has 0 unspecified atom stereocenters. The van der Waals surface area contributed by atoms with E-state index in [4.69, 9.17) is 15.2 Å². The Morgan fingerprint density at radius 3 is 2.62 bits per heavy atom. The summed E-state index contributed by atoms with van der Waals surface area (Å²) in [5.41, 5.74) is 10.3. The van der Waals surface area contributed by atoms with Crippen LogP contribution in [0.15, 0.2) is 22.6 Å². The van der Waals surface area contributed by atoms with E-state index in [2.05, 4.69) is 20.4 Å². The maximum absolute atomic E-state index is 5.59. The summed E-state index contributed by atoms with van der Waals surface area (Å²) >= 11 is 1.40. The molecule has 1 saturated heterocycles. The van der Waals surface area contributed by atoms with Crippen LogP contribution in [0.4, 0.5) is 16.6 Å². The van der Waals surface area contributed by atoms with Crippen LogP contribution in [-0.4, -0.2) is 38.5 Å². The molecule has 24 heavy (non-hydrogen) atoms. The largest absolute Gasteiger partial charge is 0.496 e. The fourth-order valence-electron chi connectivity index (χ4n) is 2.71. The number of hydrogen-bond acceptors (Lipinski definition) is 8. The van der Waals surface area contributed by atoms with Crippen molar-refractivity contribution >= 4 is 34.2 Å². The summed E-state index contributed by atoms with van der Waals surface area (Å²) in [6, 6.07) is 3.95. The van der Waals surface area contributed by atoms with Gasteiger partial charge in [0, 0.05) is 30.1 Å². The average Bonchev–Trinajstić information content (AvgIpc) is 3.26. The number of aromatic nitrogens is 1. The number of thiazole rings is 1. The molecular weight excluding hydrogens is 326 g/mol. The fraction of sp³-hybridized carbons (Fsp3) is 0.375. The fourth-order valence-corrected chi connectivity index (χ4v) is 3.25. The maximum atomic E-state index is 5.59. The molecule has 1 fully saturated rings. The molecule has 3 rings (SSSR count). The highest BCUT2D eigenvalue weighted by atomic mass is 32.1. The predicted molar refractivity (Wildman–Crippen MR) is 98.7 cm³/mol. The van der Waals surface area contributed by atoms with Crippen molar-refractivity contribution in [1.29, 1.82) is 0 Å². The first kappa shape index (κ1) is 16.4. The van der Waals surface area contributed by atoms with Gasteiger partial charge in [0.15, 0.2) is 0 Å². The van der Waals surface area contributed by atoms with Gasteiger partial charge < -0.3 is 20.1 Å². The molecular formula is C16H21N5O2S. The number of nitrogens with zero attached hydrogens (tertiary/aromatic N) is 3. The zero-order chi connectivity index (χ0) is 16.9. The quantitative estimate of drug-likeness (QED) is 0.617. The third-order valence-corrected chi connectivity index (χ3v) is 4.63. The number of nitrogens with two attached hydrogens (primary N) is 1. The van der Waals surface area contributed by atoms with Crippen LogP contribution < -0.4 is 25.5 Å². The highest BCUT2D eigenvalue weighted by Crippen LogP contribution is 2.36. The molecule has 7 nitrogen and oxygen atoms in total. The highest BCUT2D eigenvalue weighted by Gasteiger charge is 2.19. The van der Waals surface area contributed by atoms with Crippen molar-refractivity contribution in [1.82, 2.24) is 4.98 Å². The van der Waals surface area contributed by atoms with Crippen molar-refractivity contribution in [2.24, 2.45) is 5.10 Å². The van der Waals surface area contributed by atoms with Crippen LogP contribution in [-0.2, 0) is 0 Å². The number of nitrogen functional groups attached to an aromatic ring is 1. The smallest absolute Gasteiger partial charge is 0.205 e. The Morgan fingerprint density at radius 2 is 2.00 bits per heavy atom. The summed E-state index contributed by atoms with van der Waals surface area (Å²) < 4.78 is 11.1. The number of anilines is 3. The van der Waals surface area contributed by atoms with Crippen LogP contribution in [0.5, 0.6) is 11.5 Å². The first-order chi connectivity index (χ1) is 11.7. The molecule has 1 aliphatic rings. The Balaban J connectivity index is 1.83. The van der Waals surface area contributed by atoms with Crippen molar-refractivity contribution in [3.05, 3.63) is 23.1 Å². The van der Waals surface area contributed by atoms with Crippen LogP contribution in [0.3, 0.4) is 0 Å². The first-order valence-corrected chi connectivity index (χ1v) is 8.60. The van der Waals surface area contributed by atoms with Gasteiger partial charge in [-0.2, -0.15) is 5.10 Å². The second-order valence-electron chi connectivity index (χ2n) is 5.41. The Labute approximate surface area is 145 Å². The SMILES string of the molecule is COc1cc(N2CCCC2)c(OC)cc1C=NNc1nc(N)cs1. The lowest BCUT2D eigenvalue weighted by Gasteiger charge is -2.22. The minimum atomic E-state index is 0.479. The molecule has 8 heteroatoms. The van der Waals surface area contributed by atoms with Gasteiger partial charge in [-0.05, 0) is 18.9 Å². The highest BCUT2D eigenvalue weighted by molar-refractivity contribution is 7.14. The molecule has 0 spiro atoms. The van der Waals surface area contributed by atoms with Gasteiger partial charge in [0.25, 0.3) is 0 Å². The van der Waals surface area contributed by atoms with Gasteiger partial charge in [-0.25, -0.2) is 4.98 Å². The molecule has 0 bridgehead atoms. The lowest BCUT2D eigenvalue weighted by atomic mass is 10.1. The molecule has 2 aromatic rings. The molecule has 0 atom stereocenters. The summed E-state index contributed by atoms with van der Waals surface area (Å²) in [5, 5.41) is 6.60. The van der Waals surface area contributed by atoms with Crippen LogP contribution >= 0.6 is 11.3 Å². The molecule has 3 N–H and O–H groups in total. The number of benzene rings is 1. The summed E-state index contributed by atoms with van der Waals surface area (Å²) in [4.78, 5) is 6.41. The molecule has 0 aliphatic carbocycles. The number of methoxy groups -OCH3 is 2. The van der Waals surface area contributed by atoms with E-state index in [0.717, 1.165) is 35.8 Å². The molecule has 0 radical (unpaired) electrons. The summed E-state index contributed by atoms with van der Waals surface area (Å²) in [6.45, 7) is 2.08. The van der Waals surface area contributed by atoms with E-state index in [9.17, 15) is 0 Å². The summed E-state index contributed by atoms with van der Waals surface area (Å²) in [5.74, 6) is 2.05. The van der Waals surface area contributed by atoms with Gasteiger partial charge >= 0.3 is 0 Å². The zero-order valence-corrected chi connectivity index (χ0v) is 14.6. The minimum Gasteiger partial charge on any atom is -0.496 e. The van der Waals surface area contributed by atoms with E-state index < -0.39 is 0 Å². The summed E-state index contributed by atoms with van der Waals surface area (Å²) in [7, 11) is 3.33. The van der Waals surface area contributed by atoms with Crippen molar-refractivity contribution in [2.75, 3.05) is 43.4 Å². The standard InChI is InChI=1S/C16H21N5O2S/c1-22-13-8-12(21-5-3-4-6-21)14(23-2)7-11(13)9-18-20-16-19-15(17)10-24-16/h7-10H,3-6,17H2,1-2H3,(H,19,20). The van der Waals surface area contributed by atoms with Crippen molar-refractivity contribution in [3.63, 3.8) is 0 Å². The van der Waals surface area contributed by atoms with Crippen molar-refractivity contribution < 1.29 is 9.47 Å². The predicted octanol–water partition coefficient (Wildman–Crippen LogP) is 2.79. The van der Waals surface area contributed by atoms with E-state index in [1.165, 1.54) is 24.2 Å². The maximum Gasteiger partial charge on any atom is 0.205 e. The zero-order valence-electron chi connectivity index (χ0n) is 13.8.